The molecule has 2 aromatic rings. The summed E-state index contributed by atoms with van der Waals surface area (Å²) < 4.78 is 31.9. The zero-order valence-electron chi connectivity index (χ0n) is 9.67. The summed E-state index contributed by atoms with van der Waals surface area (Å²) in [6.07, 6.45) is 0.451. The van der Waals surface area contributed by atoms with Crippen molar-refractivity contribution in [2.75, 3.05) is 0 Å². The molecular formula is C12H10BrNO4S. The Morgan fingerprint density at radius 1 is 1.21 bits per heavy atom. The van der Waals surface area contributed by atoms with Crippen LogP contribution in [-0.4, -0.2) is 14.7 Å². The molecule has 5 nitrogen and oxygen atoms in total. The topological polar surface area (TPSA) is 76.4 Å². The number of hydrogen-bond donors (Lipinski definition) is 1. The molecule has 0 bridgehead atoms. The van der Waals surface area contributed by atoms with Crippen LogP contribution in [0.25, 0.3) is 0 Å². The SMILES string of the molecule is O=Cc1ccc(S(=O)(=O)NCc2ccccc2Br)o1. The average Bonchev–Trinajstić information content (AvgIpc) is 2.87. The number of nitrogens with one attached hydrogen (secondary N) is 1. The molecular weight excluding hydrogens is 334 g/mol. The highest BCUT2D eigenvalue weighted by molar-refractivity contribution is 9.10. The van der Waals surface area contributed by atoms with Gasteiger partial charge in [-0.1, -0.05) is 34.1 Å². The minimum atomic E-state index is -3.76. The molecule has 1 aromatic heterocycles. The van der Waals surface area contributed by atoms with Crippen LogP contribution in [-0.2, 0) is 16.6 Å². The third kappa shape index (κ3) is 3.31. The van der Waals surface area contributed by atoms with Crippen LogP contribution < -0.4 is 4.72 Å². The molecule has 1 N–H and O–H groups in total. The number of carbonyl (C=O) groups is 1. The Balaban J connectivity index is 2.14. The number of carbonyl (C=O) groups excluding carboxylic acids is 1. The number of rotatable bonds is 5. The maximum Gasteiger partial charge on any atom is 0.274 e. The average molecular weight is 344 g/mol. The molecule has 19 heavy (non-hydrogen) atoms. The van der Waals surface area contributed by atoms with Gasteiger partial charge in [-0.05, 0) is 23.8 Å². The van der Waals surface area contributed by atoms with Crippen molar-refractivity contribution in [2.24, 2.45) is 0 Å². The van der Waals surface area contributed by atoms with Crippen molar-refractivity contribution in [1.82, 2.24) is 4.72 Å². The maximum atomic E-state index is 11.9. The number of halogens is 1. The van der Waals surface area contributed by atoms with Gasteiger partial charge in [-0.2, -0.15) is 0 Å². The Labute approximate surface area is 118 Å². The largest absolute Gasteiger partial charge is 0.440 e. The van der Waals surface area contributed by atoms with Crippen molar-refractivity contribution in [3.05, 3.63) is 52.2 Å². The van der Waals surface area contributed by atoms with E-state index in [4.69, 9.17) is 4.42 Å². The number of aldehydes is 1. The first-order valence-corrected chi connectivity index (χ1v) is 7.58. The summed E-state index contributed by atoms with van der Waals surface area (Å²) in [7, 11) is -3.76. The van der Waals surface area contributed by atoms with E-state index in [1.165, 1.54) is 12.1 Å². The predicted molar refractivity (Wildman–Crippen MR) is 72.3 cm³/mol. The van der Waals surface area contributed by atoms with Gasteiger partial charge in [-0.25, -0.2) is 13.1 Å². The summed E-state index contributed by atoms with van der Waals surface area (Å²) in [6, 6.07) is 9.81. The molecule has 7 heteroatoms. The fourth-order valence-electron chi connectivity index (χ4n) is 1.43. The van der Waals surface area contributed by atoms with Gasteiger partial charge in [-0.15, -0.1) is 0 Å². The van der Waals surface area contributed by atoms with Gasteiger partial charge in [0.05, 0.1) is 0 Å². The summed E-state index contributed by atoms with van der Waals surface area (Å²) in [6.45, 7) is 0.126. The van der Waals surface area contributed by atoms with Crippen LogP contribution in [0.2, 0.25) is 0 Å². The van der Waals surface area contributed by atoms with Gasteiger partial charge in [0.15, 0.2) is 12.0 Å². The zero-order chi connectivity index (χ0) is 13.9. The summed E-state index contributed by atoms with van der Waals surface area (Å²) in [5, 5.41) is -0.276. The fraction of sp³-hybridized carbons (Fsp3) is 0.0833. The second-order valence-electron chi connectivity index (χ2n) is 3.69. The number of benzene rings is 1. The van der Waals surface area contributed by atoms with Crippen LogP contribution in [0.5, 0.6) is 0 Å². The fourth-order valence-corrected chi connectivity index (χ4v) is 2.79. The summed E-state index contributed by atoms with van der Waals surface area (Å²) in [4.78, 5) is 10.5. The minimum absolute atomic E-state index is 0.0266. The molecule has 0 aliphatic heterocycles. The van der Waals surface area contributed by atoms with Crippen LogP contribution in [0.4, 0.5) is 0 Å². The molecule has 0 saturated carbocycles. The molecule has 0 amide bonds. The summed E-state index contributed by atoms with van der Waals surface area (Å²) >= 11 is 3.33. The summed E-state index contributed by atoms with van der Waals surface area (Å²) in [5.41, 5.74) is 0.799. The van der Waals surface area contributed by atoms with Crippen molar-refractivity contribution < 1.29 is 17.6 Å². The van der Waals surface area contributed by atoms with E-state index in [1.807, 2.05) is 18.2 Å². The molecule has 0 unspecified atom stereocenters. The van der Waals surface area contributed by atoms with Gasteiger partial charge in [0.1, 0.15) is 0 Å². The molecule has 0 spiro atoms. The highest BCUT2D eigenvalue weighted by atomic mass is 79.9. The summed E-state index contributed by atoms with van der Waals surface area (Å²) in [5.74, 6) is -0.0266. The van der Waals surface area contributed by atoms with Crippen LogP contribution >= 0.6 is 15.9 Å². The standard InChI is InChI=1S/C12H10BrNO4S/c13-11-4-2-1-3-9(11)7-14-19(16,17)12-6-5-10(8-15)18-12/h1-6,8,14H,7H2. The van der Waals surface area contributed by atoms with E-state index in [1.54, 1.807) is 6.07 Å². The van der Waals surface area contributed by atoms with Gasteiger partial charge in [0, 0.05) is 11.0 Å². The Hall–Kier alpha value is -1.44. The first-order chi connectivity index (χ1) is 9.03. The molecule has 0 atom stereocenters. The van der Waals surface area contributed by atoms with Gasteiger partial charge < -0.3 is 4.42 Å². The van der Waals surface area contributed by atoms with Gasteiger partial charge in [-0.3, -0.25) is 4.79 Å². The second kappa shape index (κ2) is 5.68. The molecule has 1 aromatic carbocycles. The highest BCUT2D eigenvalue weighted by Gasteiger charge is 2.18. The van der Waals surface area contributed by atoms with Gasteiger partial charge >= 0.3 is 0 Å². The van der Waals surface area contributed by atoms with Crippen LogP contribution in [0.15, 0.2) is 50.4 Å². The van der Waals surface area contributed by atoms with E-state index in [9.17, 15) is 13.2 Å². The van der Waals surface area contributed by atoms with Gasteiger partial charge in [0.2, 0.25) is 5.09 Å². The molecule has 1 heterocycles. The van der Waals surface area contributed by atoms with E-state index >= 15 is 0 Å². The minimum Gasteiger partial charge on any atom is -0.440 e. The molecule has 2 rings (SSSR count). The number of sulfonamides is 1. The van der Waals surface area contributed by atoms with Crippen molar-refractivity contribution in [2.45, 2.75) is 11.6 Å². The zero-order valence-corrected chi connectivity index (χ0v) is 12.1. The second-order valence-corrected chi connectivity index (χ2v) is 6.24. The predicted octanol–water partition coefficient (Wildman–Crippen LogP) is 2.33. The third-order valence-electron chi connectivity index (χ3n) is 2.39. The number of furan rings is 1. The van der Waals surface area contributed by atoms with E-state index in [0.717, 1.165) is 10.0 Å². The van der Waals surface area contributed by atoms with Crippen molar-refractivity contribution in [1.29, 1.82) is 0 Å². The van der Waals surface area contributed by atoms with Gasteiger partial charge in [0.25, 0.3) is 10.0 Å². The van der Waals surface area contributed by atoms with Crippen LogP contribution in [0, 0.1) is 0 Å². The lowest BCUT2D eigenvalue weighted by molar-refractivity contribution is 0.109. The molecule has 0 fully saturated rings. The Morgan fingerprint density at radius 2 is 1.95 bits per heavy atom. The smallest absolute Gasteiger partial charge is 0.274 e. The Morgan fingerprint density at radius 3 is 2.58 bits per heavy atom. The lowest BCUT2D eigenvalue weighted by Gasteiger charge is -2.06. The molecule has 100 valence electrons. The molecule has 0 saturated heterocycles. The number of hydrogen-bond acceptors (Lipinski definition) is 4. The quantitative estimate of drug-likeness (QED) is 0.845. The van der Waals surface area contributed by atoms with Crippen LogP contribution in [0.3, 0.4) is 0 Å². The first-order valence-electron chi connectivity index (χ1n) is 5.31. The molecule has 0 aliphatic rings. The Kier molecular flexibility index (Phi) is 4.18. The van der Waals surface area contributed by atoms with Crippen molar-refractivity contribution >= 4 is 32.2 Å². The lowest BCUT2D eigenvalue weighted by atomic mass is 10.2. The van der Waals surface area contributed by atoms with E-state index < -0.39 is 10.0 Å². The van der Waals surface area contributed by atoms with E-state index in [0.29, 0.717) is 6.29 Å². The molecule has 0 aliphatic carbocycles. The van der Waals surface area contributed by atoms with E-state index in [2.05, 4.69) is 20.7 Å². The Bertz CT molecular complexity index is 693. The normalized spacial score (nSPS) is 11.4. The van der Waals surface area contributed by atoms with Crippen molar-refractivity contribution in [3.63, 3.8) is 0 Å². The monoisotopic (exact) mass is 343 g/mol. The highest BCUT2D eigenvalue weighted by Crippen LogP contribution is 2.17. The maximum absolute atomic E-state index is 11.9. The first kappa shape index (κ1) is 14.0. The molecule has 0 radical (unpaired) electrons. The van der Waals surface area contributed by atoms with Crippen molar-refractivity contribution in [3.8, 4) is 0 Å². The van der Waals surface area contributed by atoms with Crippen LogP contribution in [0.1, 0.15) is 16.1 Å². The lowest BCUT2D eigenvalue weighted by Crippen LogP contribution is -2.22. The third-order valence-corrected chi connectivity index (χ3v) is 4.44. The van der Waals surface area contributed by atoms with E-state index in [-0.39, 0.29) is 17.4 Å².